The third-order valence-electron chi connectivity index (χ3n) is 7.40. The molecule has 5 rings (SSSR count). The Morgan fingerprint density at radius 1 is 0.542 bits per heavy atom. The maximum Gasteiger partial charge on any atom is 0.270 e. The minimum atomic E-state index is -1.93. The third kappa shape index (κ3) is 4.18. The largest absolute Gasteiger partial charge is 0.270 e. The van der Waals surface area contributed by atoms with Crippen LogP contribution in [0.5, 0.6) is 0 Å². The summed E-state index contributed by atoms with van der Waals surface area (Å²) in [4.78, 5) is 12.1. The van der Waals surface area contributed by atoms with Crippen molar-refractivity contribution in [1.29, 1.82) is 21.0 Å². The van der Waals surface area contributed by atoms with Crippen molar-refractivity contribution in [2.45, 2.75) is 0 Å². The number of rotatable bonds is 2. The quantitative estimate of drug-likeness (QED) is 0.121. The van der Waals surface area contributed by atoms with E-state index in [0.717, 1.165) is 18.2 Å². The van der Waals surface area contributed by atoms with Gasteiger partial charge < -0.3 is 0 Å². The van der Waals surface area contributed by atoms with Crippen molar-refractivity contribution in [1.82, 2.24) is 0 Å². The van der Waals surface area contributed by atoms with Crippen LogP contribution in [0.4, 0.5) is 32.0 Å². The summed E-state index contributed by atoms with van der Waals surface area (Å²) in [6.45, 7) is 29.9. The summed E-state index contributed by atoms with van der Waals surface area (Å²) in [5.41, 5.74) is -10.6. The first-order valence-corrected chi connectivity index (χ1v) is 12.6. The van der Waals surface area contributed by atoms with Gasteiger partial charge in [-0.25, -0.2) is 56.2 Å². The Kier molecular flexibility index (Phi) is 7.60. The second-order valence-corrected chi connectivity index (χ2v) is 9.55. The lowest BCUT2D eigenvalue weighted by Gasteiger charge is -2.13. The monoisotopic (exact) mass is 638 g/mol. The van der Waals surface area contributed by atoms with E-state index in [1.807, 2.05) is 0 Å². The van der Waals surface area contributed by atoms with Crippen LogP contribution in [0.15, 0.2) is 35.7 Å². The molecule has 0 unspecified atom stereocenters. The second kappa shape index (κ2) is 11.6. The van der Waals surface area contributed by atoms with Crippen molar-refractivity contribution in [2.24, 2.45) is 0 Å². The molecule has 0 saturated heterocycles. The molecule has 0 fully saturated rings. The predicted octanol–water partition coefficient (Wildman–Crippen LogP) is 8.50. The van der Waals surface area contributed by atoms with Crippen molar-refractivity contribution < 1.29 is 26.3 Å². The second-order valence-electron chi connectivity index (χ2n) is 9.55. The average Bonchev–Trinajstić information content (AvgIpc) is 3.56. The van der Waals surface area contributed by atoms with Gasteiger partial charge in [0.15, 0.2) is 23.3 Å². The molecule has 0 N–H and O–H groups in total. The van der Waals surface area contributed by atoms with Gasteiger partial charge in [0.25, 0.3) is 17.1 Å². The van der Waals surface area contributed by atoms with Gasteiger partial charge in [0.05, 0.1) is 44.0 Å². The van der Waals surface area contributed by atoms with Crippen LogP contribution in [-0.4, -0.2) is 0 Å². The van der Waals surface area contributed by atoms with E-state index in [4.69, 9.17) is 31.6 Å². The fraction of sp³-hybridized carbons (Fsp3) is 0. The highest BCUT2D eigenvalue weighted by Crippen LogP contribution is 2.56. The lowest BCUT2D eigenvalue weighted by Crippen LogP contribution is -2.02. The van der Waals surface area contributed by atoms with Gasteiger partial charge in [0, 0.05) is 22.3 Å². The molecule has 0 spiro atoms. The van der Waals surface area contributed by atoms with Crippen molar-refractivity contribution in [3.63, 3.8) is 0 Å². The third-order valence-corrected chi connectivity index (χ3v) is 7.40. The summed E-state index contributed by atoms with van der Waals surface area (Å²) >= 11 is 0. The first kappa shape index (κ1) is 31.5. The number of nitrogens with zero attached hydrogens (tertiary/aromatic N) is 8. The van der Waals surface area contributed by atoms with E-state index in [0.29, 0.717) is 12.1 Å². The highest BCUT2D eigenvalue weighted by atomic mass is 19.2. The fourth-order valence-corrected chi connectivity index (χ4v) is 5.48. The van der Waals surface area contributed by atoms with E-state index in [-0.39, 0.29) is 22.3 Å². The summed E-state index contributed by atoms with van der Waals surface area (Å²) in [6, 6.07) is 8.89. The van der Waals surface area contributed by atoms with Gasteiger partial charge in [-0.2, -0.15) is 10.5 Å². The van der Waals surface area contributed by atoms with E-state index >= 15 is 8.78 Å². The number of allylic oxidation sites excluding steroid dienone is 7. The van der Waals surface area contributed by atoms with Crippen LogP contribution in [0.25, 0.3) is 52.9 Å². The van der Waals surface area contributed by atoms with Crippen LogP contribution in [-0.2, 0) is 0 Å². The zero-order valence-electron chi connectivity index (χ0n) is 23.2. The topological polar surface area (TPSA) is 113 Å². The molecule has 0 amide bonds. The molecule has 3 aromatic carbocycles. The minimum absolute atomic E-state index is 0.246. The van der Waals surface area contributed by atoms with E-state index in [9.17, 15) is 33.3 Å². The number of halogens is 6. The van der Waals surface area contributed by atoms with Crippen LogP contribution >= 0.6 is 0 Å². The molecule has 0 heterocycles. The maximum atomic E-state index is 15.4. The molecular formula is C34H4F6N8. The zero-order chi connectivity index (χ0) is 35.2. The summed E-state index contributed by atoms with van der Waals surface area (Å²) < 4.78 is 89.9. The molecule has 0 atom stereocenters. The van der Waals surface area contributed by atoms with Crippen LogP contribution in [0.2, 0.25) is 0 Å². The molecule has 14 heteroatoms. The van der Waals surface area contributed by atoms with Crippen LogP contribution in [0.1, 0.15) is 38.9 Å². The molecule has 8 nitrogen and oxygen atoms in total. The fourth-order valence-electron chi connectivity index (χ4n) is 5.48. The SMILES string of the molecule is [C-]#[N+]C1=C(c2cc(F)c([N+]#[C-])c(F)c2F)/C(=C(/C#N)[N+]#[C-])c2cc3c(cc21)/C(=C(/C#N)[N+]#[C-])C(c1cc(F)c(C#N)c(F)c1F)=C3C#N. The number of fused-ring (bicyclic) bond motifs is 2. The van der Waals surface area contributed by atoms with Gasteiger partial charge in [0.1, 0.15) is 29.3 Å². The molecule has 0 saturated carbocycles. The molecule has 0 bridgehead atoms. The van der Waals surface area contributed by atoms with Crippen molar-refractivity contribution >= 4 is 39.2 Å². The van der Waals surface area contributed by atoms with E-state index < -0.39 is 102 Å². The van der Waals surface area contributed by atoms with Crippen LogP contribution < -0.4 is 0 Å². The van der Waals surface area contributed by atoms with Gasteiger partial charge in [-0.3, -0.25) is 0 Å². The van der Waals surface area contributed by atoms with Gasteiger partial charge in [-0.15, -0.1) is 0 Å². The Labute approximate surface area is 266 Å². The van der Waals surface area contributed by atoms with Crippen molar-refractivity contribution in [2.75, 3.05) is 0 Å². The standard InChI is InChI=1S/C34H4F6N8/c1-45-23(11-43)26-14-6-16-15(5-13(14)19(9-41)25(26)17-7-21(35)20(10-42)31(39)29(17)37)27(24(12-44)46-2)28(33(16)47-3)18-8-22(36)34(48-4)32(40)30(18)38/h5-8H/b26-23+,27-24-. The first-order chi connectivity index (χ1) is 23.0. The lowest BCUT2D eigenvalue weighted by atomic mass is 9.91. The Bertz CT molecular complexity index is 2390. The zero-order valence-corrected chi connectivity index (χ0v) is 23.2. The van der Waals surface area contributed by atoms with Gasteiger partial charge in [-0.1, -0.05) is 6.07 Å². The summed E-state index contributed by atoms with van der Waals surface area (Å²) in [7, 11) is 0. The normalized spacial score (nSPS) is 14.6. The molecule has 0 radical (unpaired) electrons. The predicted molar refractivity (Wildman–Crippen MR) is 154 cm³/mol. The minimum Gasteiger partial charge on any atom is -0.237 e. The van der Waals surface area contributed by atoms with Crippen molar-refractivity contribution in [3.8, 4) is 24.3 Å². The van der Waals surface area contributed by atoms with Gasteiger partial charge in [0.2, 0.25) is 5.70 Å². The molecule has 3 aromatic rings. The first-order valence-electron chi connectivity index (χ1n) is 12.6. The number of nitriles is 4. The highest BCUT2D eigenvalue weighted by Gasteiger charge is 2.39. The van der Waals surface area contributed by atoms with Crippen molar-refractivity contribution in [3.05, 3.63) is 155 Å². The summed E-state index contributed by atoms with van der Waals surface area (Å²) in [5, 5.41) is 38.9. The van der Waals surface area contributed by atoms with E-state index in [1.54, 1.807) is 18.2 Å². The summed E-state index contributed by atoms with van der Waals surface area (Å²) in [5.74, 6) is -10.5. The molecule has 2 aliphatic rings. The molecule has 0 aromatic heterocycles. The Balaban J connectivity index is 1.98. The average molecular weight is 638 g/mol. The van der Waals surface area contributed by atoms with E-state index in [2.05, 4.69) is 19.4 Å². The lowest BCUT2D eigenvalue weighted by molar-refractivity contribution is 0.489. The van der Waals surface area contributed by atoms with Gasteiger partial charge in [-0.05, 0) is 51.6 Å². The highest BCUT2D eigenvalue weighted by molar-refractivity contribution is 6.29. The van der Waals surface area contributed by atoms with Crippen LogP contribution in [0, 0.1) is 107 Å². The molecular weight excluding hydrogens is 634 g/mol. The Morgan fingerprint density at radius 3 is 1.58 bits per heavy atom. The summed E-state index contributed by atoms with van der Waals surface area (Å²) in [6.07, 6.45) is 0. The molecule has 0 aliphatic heterocycles. The number of benzene rings is 3. The number of hydrogen-bond donors (Lipinski definition) is 0. The Morgan fingerprint density at radius 2 is 1.06 bits per heavy atom. The molecule has 2 aliphatic carbocycles. The number of hydrogen-bond acceptors (Lipinski definition) is 4. The van der Waals surface area contributed by atoms with Crippen LogP contribution in [0.3, 0.4) is 0 Å². The Hall–Kier alpha value is -7.88. The maximum absolute atomic E-state index is 15.4. The molecule has 48 heavy (non-hydrogen) atoms. The smallest absolute Gasteiger partial charge is 0.237 e. The van der Waals surface area contributed by atoms with E-state index in [1.165, 1.54) is 0 Å². The van der Waals surface area contributed by atoms with Gasteiger partial charge >= 0.3 is 0 Å². The molecule has 222 valence electrons.